The van der Waals surface area contributed by atoms with Gasteiger partial charge >= 0.3 is 0 Å². The van der Waals surface area contributed by atoms with E-state index in [2.05, 4.69) is 30.6 Å². The number of thioether (sulfide) groups is 1. The smallest absolute Gasteiger partial charge is 0.194 e. The Morgan fingerprint density at radius 2 is 2.48 bits per heavy atom. The van der Waals surface area contributed by atoms with E-state index in [9.17, 15) is 0 Å². The standard InChI is InChI=1S/C16H25N3OS/c1-4-8-17-15(18-9-7-14-6-5-11-20-14)19-10-12-21-16(2,3)13-19/h4-6,11H,1,7-10,12-13H2,2-3H3,(H,17,18). The predicted molar refractivity (Wildman–Crippen MR) is 91.0 cm³/mol. The third-order valence-electron chi connectivity index (χ3n) is 3.33. The summed E-state index contributed by atoms with van der Waals surface area (Å²) in [7, 11) is 0. The number of nitrogens with zero attached hydrogens (tertiary/aromatic N) is 2. The second-order valence-corrected chi connectivity index (χ2v) is 7.54. The fraction of sp³-hybridized carbons (Fsp3) is 0.562. The highest BCUT2D eigenvalue weighted by Gasteiger charge is 2.28. The molecule has 1 fully saturated rings. The van der Waals surface area contributed by atoms with Crippen LogP contribution in [0.2, 0.25) is 0 Å². The molecule has 0 spiro atoms. The maximum Gasteiger partial charge on any atom is 0.194 e. The van der Waals surface area contributed by atoms with Crippen molar-refractivity contribution in [3.05, 3.63) is 36.8 Å². The molecule has 1 aliphatic heterocycles. The van der Waals surface area contributed by atoms with Crippen molar-refractivity contribution in [2.45, 2.75) is 25.0 Å². The Bertz CT molecular complexity index is 468. The first-order chi connectivity index (χ1) is 10.1. The van der Waals surface area contributed by atoms with Gasteiger partial charge in [0.05, 0.1) is 6.26 Å². The minimum atomic E-state index is 0.274. The van der Waals surface area contributed by atoms with Crippen LogP contribution >= 0.6 is 11.8 Å². The summed E-state index contributed by atoms with van der Waals surface area (Å²) < 4.78 is 5.63. The quantitative estimate of drug-likeness (QED) is 0.516. The molecule has 1 saturated heterocycles. The number of hydrogen-bond donors (Lipinski definition) is 1. The van der Waals surface area contributed by atoms with Crippen LogP contribution in [0.1, 0.15) is 19.6 Å². The van der Waals surface area contributed by atoms with Gasteiger partial charge in [0.2, 0.25) is 0 Å². The third-order valence-corrected chi connectivity index (χ3v) is 4.63. The Kier molecular flexibility index (Phi) is 5.79. The fourth-order valence-electron chi connectivity index (χ4n) is 2.36. The molecule has 4 nitrogen and oxygen atoms in total. The monoisotopic (exact) mass is 307 g/mol. The van der Waals surface area contributed by atoms with E-state index in [0.717, 1.165) is 50.1 Å². The van der Waals surface area contributed by atoms with Crippen molar-refractivity contribution < 1.29 is 4.42 Å². The van der Waals surface area contributed by atoms with E-state index >= 15 is 0 Å². The van der Waals surface area contributed by atoms with Crippen LogP contribution in [0.4, 0.5) is 0 Å². The van der Waals surface area contributed by atoms with Crippen molar-refractivity contribution in [2.75, 3.05) is 31.9 Å². The normalized spacial score (nSPS) is 18.6. The molecule has 0 amide bonds. The van der Waals surface area contributed by atoms with Crippen molar-refractivity contribution in [1.29, 1.82) is 0 Å². The SMILES string of the molecule is C=CCNC(=NCCc1ccco1)N1CCSC(C)(C)C1. The van der Waals surface area contributed by atoms with Crippen LogP contribution in [-0.4, -0.2) is 47.5 Å². The summed E-state index contributed by atoms with van der Waals surface area (Å²) in [5.41, 5.74) is 0. The highest BCUT2D eigenvalue weighted by atomic mass is 32.2. The molecule has 0 unspecified atom stereocenters. The van der Waals surface area contributed by atoms with Crippen LogP contribution in [0.15, 0.2) is 40.5 Å². The number of aliphatic imine (C=N–C) groups is 1. The number of hydrogen-bond acceptors (Lipinski definition) is 3. The van der Waals surface area contributed by atoms with Gasteiger partial charge in [-0.15, -0.1) is 6.58 Å². The molecule has 0 aromatic carbocycles. The van der Waals surface area contributed by atoms with E-state index < -0.39 is 0 Å². The van der Waals surface area contributed by atoms with Gasteiger partial charge in [0.1, 0.15) is 5.76 Å². The maximum absolute atomic E-state index is 5.35. The van der Waals surface area contributed by atoms with Crippen LogP contribution in [0, 0.1) is 0 Å². The highest BCUT2D eigenvalue weighted by molar-refractivity contribution is 8.00. The van der Waals surface area contributed by atoms with E-state index in [1.807, 2.05) is 30.0 Å². The van der Waals surface area contributed by atoms with Gasteiger partial charge < -0.3 is 14.6 Å². The van der Waals surface area contributed by atoms with Gasteiger partial charge in [0.15, 0.2) is 5.96 Å². The Morgan fingerprint density at radius 1 is 1.62 bits per heavy atom. The summed E-state index contributed by atoms with van der Waals surface area (Å²) in [6.45, 7) is 11.9. The number of furan rings is 1. The summed E-state index contributed by atoms with van der Waals surface area (Å²) in [5.74, 6) is 3.10. The highest BCUT2D eigenvalue weighted by Crippen LogP contribution is 2.29. The third kappa shape index (κ3) is 5.16. The number of guanidine groups is 1. The van der Waals surface area contributed by atoms with E-state index in [1.54, 1.807) is 6.26 Å². The average Bonchev–Trinajstić information content (AvgIpc) is 2.94. The lowest BCUT2D eigenvalue weighted by Crippen LogP contribution is -2.51. The van der Waals surface area contributed by atoms with Crippen LogP contribution in [0.25, 0.3) is 0 Å². The number of rotatable bonds is 5. The minimum absolute atomic E-state index is 0.274. The topological polar surface area (TPSA) is 40.8 Å². The predicted octanol–water partition coefficient (Wildman–Crippen LogP) is 2.78. The number of nitrogens with one attached hydrogen (secondary N) is 1. The van der Waals surface area contributed by atoms with Gasteiger partial charge in [-0.2, -0.15) is 11.8 Å². The largest absolute Gasteiger partial charge is 0.469 e. The van der Waals surface area contributed by atoms with Crippen LogP contribution in [0.5, 0.6) is 0 Å². The van der Waals surface area contributed by atoms with Crippen LogP contribution in [0.3, 0.4) is 0 Å². The Labute approximate surface area is 131 Å². The van der Waals surface area contributed by atoms with E-state index in [0.29, 0.717) is 0 Å². The first-order valence-corrected chi connectivity index (χ1v) is 8.40. The summed E-state index contributed by atoms with van der Waals surface area (Å²) in [4.78, 5) is 7.09. The second-order valence-electron chi connectivity index (χ2n) is 5.73. The summed E-state index contributed by atoms with van der Waals surface area (Å²) >= 11 is 2.03. The lowest BCUT2D eigenvalue weighted by atomic mass is 10.2. The Morgan fingerprint density at radius 3 is 3.14 bits per heavy atom. The first kappa shape index (κ1) is 16.0. The summed E-state index contributed by atoms with van der Waals surface area (Å²) in [5, 5.41) is 3.38. The van der Waals surface area contributed by atoms with Gasteiger partial charge in [-0.3, -0.25) is 4.99 Å². The molecule has 0 atom stereocenters. The van der Waals surface area contributed by atoms with Crippen molar-refractivity contribution in [3.8, 4) is 0 Å². The molecular weight excluding hydrogens is 282 g/mol. The lowest BCUT2D eigenvalue weighted by molar-refractivity contribution is 0.376. The van der Waals surface area contributed by atoms with E-state index in [-0.39, 0.29) is 4.75 Å². The Hall–Kier alpha value is -1.36. The van der Waals surface area contributed by atoms with E-state index in [1.165, 1.54) is 0 Å². The molecule has 5 heteroatoms. The molecule has 1 aromatic rings. The molecule has 0 radical (unpaired) electrons. The van der Waals surface area contributed by atoms with Gasteiger partial charge in [0, 0.05) is 43.1 Å². The molecule has 116 valence electrons. The van der Waals surface area contributed by atoms with Crippen LogP contribution < -0.4 is 5.32 Å². The zero-order valence-electron chi connectivity index (χ0n) is 13.0. The molecule has 1 aromatic heterocycles. The fourth-order valence-corrected chi connectivity index (χ4v) is 3.47. The van der Waals surface area contributed by atoms with Gasteiger partial charge in [0.25, 0.3) is 0 Å². The van der Waals surface area contributed by atoms with Gasteiger partial charge in [-0.25, -0.2) is 0 Å². The van der Waals surface area contributed by atoms with Crippen LogP contribution in [-0.2, 0) is 6.42 Å². The molecule has 0 saturated carbocycles. The van der Waals surface area contributed by atoms with Crippen molar-refractivity contribution in [2.24, 2.45) is 4.99 Å². The Balaban J connectivity index is 1.97. The second kappa shape index (κ2) is 7.59. The first-order valence-electron chi connectivity index (χ1n) is 7.41. The zero-order valence-corrected chi connectivity index (χ0v) is 13.8. The van der Waals surface area contributed by atoms with Crippen molar-refractivity contribution in [1.82, 2.24) is 10.2 Å². The van der Waals surface area contributed by atoms with Crippen molar-refractivity contribution in [3.63, 3.8) is 0 Å². The lowest BCUT2D eigenvalue weighted by Gasteiger charge is -2.39. The maximum atomic E-state index is 5.35. The van der Waals surface area contributed by atoms with Crippen molar-refractivity contribution >= 4 is 17.7 Å². The zero-order chi connectivity index (χ0) is 15.1. The molecule has 0 aliphatic carbocycles. The molecule has 2 heterocycles. The molecule has 21 heavy (non-hydrogen) atoms. The van der Waals surface area contributed by atoms with Gasteiger partial charge in [-0.05, 0) is 26.0 Å². The summed E-state index contributed by atoms with van der Waals surface area (Å²) in [6.07, 6.45) is 4.41. The molecular formula is C16H25N3OS. The average molecular weight is 307 g/mol. The minimum Gasteiger partial charge on any atom is -0.469 e. The molecule has 1 N–H and O–H groups in total. The molecule has 1 aliphatic rings. The van der Waals surface area contributed by atoms with E-state index in [4.69, 9.17) is 9.41 Å². The molecule has 2 rings (SSSR count). The molecule has 0 bridgehead atoms. The van der Waals surface area contributed by atoms with Gasteiger partial charge in [-0.1, -0.05) is 6.08 Å². The summed E-state index contributed by atoms with van der Waals surface area (Å²) in [6, 6.07) is 3.91.